The van der Waals surface area contributed by atoms with Gasteiger partial charge in [-0.15, -0.1) is 0 Å². The van der Waals surface area contributed by atoms with Crippen LogP contribution in [0, 0.1) is 13.8 Å². The van der Waals surface area contributed by atoms with E-state index in [9.17, 15) is 4.79 Å². The Bertz CT molecular complexity index is 647. The standard InChI is InChI=1S/C18H22N2O3/c1-13-17(14(2)23-19-13)10-18(21)20-9-8-16(11-20)22-12-15-6-4-3-5-7-15/h3-7,16H,8-12H2,1-2H3. The van der Waals surface area contributed by atoms with E-state index < -0.39 is 0 Å². The van der Waals surface area contributed by atoms with E-state index in [-0.39, 0.29) is 12.0 Å². The summed E-state index contributed by atoms with van der Waals surface area (Å²) >= 11 is 0. The molecule has 122 valence electrons. The summed E-state index contributed by atoms with van der Waals surface area (Å²) in [4.78, 5) is 14.3. The number of ether oxygens (including phenoxy) is 1. The van der Waals surface area contributed by atoms with E-state index in [4.69, 9.17) is 9.26 Å². The highest BCUT2D eigenvalue weighted by Crippen LogP contribution is 2.18. The zero-order chi connectivity index (χ0) is 16.2. The van der Waals surface area contributed by atoms with Gasteiger partial charge < -0.3 is 14.2 Å². The average Bonchev–Trinajstić information content (AvgIpc) is 3.16. The molecule has 1 aliphatic heterocycles. The molecule has 23 heavy (non-hydrogen) atoms. The van der Waals surface area contributed by atoms with Crippen LogP contribution in [0.25, 0.3) is 0 Å². The molecule has 1 saturated heterocycles. The van der Waals surface area contributed by atoms with E-state index in [0.29, 0.717) is 19.6 Å². The Labute approximate surface area is 136 Å². The number of likely N-dealkylation sites (tertiary alicyclic amines) is 1. The van der Waals surface area contributed by atoms with Crippen LogP contribution in [-0.4, -0.2) is 35.2 Å². The lowest BCUT2D eigenvalue weighted by Gasteiger charge is -2.17. The molecule has 2 heterocycles. The lowest BCUT2D eigenvalue weighted by molar-refractivity contribution is -0.130. The fourth-order valence-electron chi connectivity index (χ4n) is 2.90. The van der Waals surface area contributed by atoms with Crippen molar-refractivity contribution in [2.45, 2.75) is 39.4 Å². The van der Waals surface area contributed by atoms with Crippen LogP contribution in [0.1, 0.15) is 29.0 Å². The summed E-state index contributed by atoms with van der Waals surface area (Å²) in [5.41, 5.74) is 2.86. The molecule has 1 aromatic carbocycles. The van der Waals surface area contributed by atoms with Crippen molar-refractivity contribution in [1.82, 2.24) is 10.1 Å². The van der Waals surface area contributed by atoms with E-state index in [1.807, 2.05) is 36.9 Å². The lowest BCUT2D eigenvalue weighted by Crippen LogP contribution is -2.31. The predicted octanol–water partition coefficient (Wildman–Crippen LogP) is 2.65. The van der Waals surface area contributed by atoms with E-state index in [0.717, 1.165) is 35.5 Å². The zero-order valence-electron chi connectivity index (χ0n) is 13.6. The maximum Gasteiger partial charge on any atom is 0.227 e. The second kappa shape index (κ2) is 6.96. The van der Waals surface area contributed by atoms with Gasteiger partial charge in [-0.05, 0) is 25.8 Å². The van der Waals surface area contributed by atoms with Gasteiger partial charge in [0.25, 0.3) is 0 Å². The van der Waals surface area contributed by atoms with Crippen LogP contribution >= 0.6 is 0 Å². The molecule has 0 radical (unpaired) electrons. The molecule has 1 amide bonds. The number of carbonyl (C=O) groups is 1. The Balaban J connectivity index is 1.50. The van der Waals surface area contributed by atoms with Gasteiger partial charge in [-0.2, -0.15) is 0 Å². The van der Waals surface area contributed by atoms with Crippen molar-refractivity contribution in [2.75, 3.05) is 13.1 Å². The topological polar surface area (TPSA) is 55.6 Å². The highest BCUT2D eigenvalue weighted by Gasteiger charge is 2.27. The maximum atomic E-state index is 12.4. The zero-order valence-corrected chi connectivity index (χ0v) is 13.6. The first kappa shape index (κ1) is 15.7. The van der Waals surface area contributed by atoms with Crippen LogP contribution in [-0.2, 0) is 22.6 Å². The first-order valence-corrected chi connectivity index (χ1v) is 7.98. The van der Waals surface area contributed by atoms with Gasteiger partial charge in [-0.1, -0.05) is 35.5 Å². The first-order valence-electron chi connectivity index (χ1n) is 7.98. The highest BCUT2D eigenvalue weighted by molar-refractivity contribution is 5.79. The van der Waals surface area contributed by atoms with E-state index in [2.05, 4.69) is 17.3 Å². The van der Waals surface area contributed by atoms with E-state index >= 15 is 0 Å². The lowest BCUT2D eigenvalue weighted by atomic mass is 10.1. The molecule has 1 atom stereocenters. The number of nitrogens with zero attached hydrogens (tertiary/aromatic N) is 2. The van der Waals surface area contributed by atoms with Gasteiger partial charge in [-0.3, -0.25) is 4.79 Å². The summed E-state index contributed by atoms with van der Waals surface area (Å²) < 4.78 is 11.0. The minimum absolute atomic E-state index is 0.115. The Morgan fingerprint density at radius 3 is 2.83 bits per heavy atom. The van der Waals surface area contributed by atoms with Crippen molar-refractivity contribution in [2.24, 2.45) is 0 Å². The molecular formula is C18H22N2O3. The number of hydrogen-bond acceptors (Lipinski definition) is 4. The number of rotatable bonds is 5. The van der Waals surface area contributed by atoms with Crippen molar-refractivity contribution < 1.29 is 14.1 Å². The van der Waals surface area contributed by atoms with E-state index in [1.54, 1.807) is 0 Å². The van der Waals surface area contributed by atoms with Crippen molar-refractivity contribution in [1.29, 1.82) is 0 Å². The minimum atomic E-state index is 0.115. The number of amides is 1. The smallest absolute Gasteiger partial charge is 0.227 e. The molecule has 1 fully saturated rings. The normalized spacial score (nSPS) is 17.7. The molecule has 0 N–H and O–H groups in total. The first-order chi connectivity index (χ1) is 11.1. The third kappa shape index (κ3) is 3.79. The molecule has 1 aromatic heterocycles. The number of aryl methyl sites for hydroxylation is 2. The van der Waals surface area contributed by atoms with Gasteiger partial charge in [0.1, 0.15) is 5.76 Å². The molecular weight excluding hydrogens is 292 g/mol. The van der Waals surface area contributed by atoms with Gasteiger partial charge in [0.05, 0.1) is 24.8 Å². The monoisotopic (exact) mass is 314 g/mol. The molecule has 1 aliphatic rings. The van der Waals surface area contributed by atoms with Gasteiger partial charge in [0.2, 0.25) is 5.91 Å². The molecule has 0 spiro atoms. The van der Waals surface area contributed by atoms with Crippen molar-refractivity contribution in [3.05, 3.63) is 52.9 Å². The largest absolute Gasteiger partial charge is 0.372 e. The number of hydrogen-bond donors (Lipinski definition) is 0. The van der Waals surface area contributed by atoms with Gasteiger partial charge in [0, 0.05) is 18.7 Å². The summed E-state index contributed by atoms with van der Waals surface area (Å²) in [6.45, 7) is 5.72. The van der Waals surface area contributed by atoms with E-state index in [1.165, 1.54) is 0 Å². The number of benzene rings is 1. The van der Waals surface area contributed by atoms with Gasteiger partial charge >= 0.3 is 0 Å². The minimum Gasteiger partial charge on any atom is -0.372 e. The summed E-state index contributed by atoms with van der Waals surface area (Å²) in [6.07, 6.45) is 1.36. The molecule has 1 unspecified atom stereocenters. The second-order valence-corrected chi connectivity index (χ2v) is 6.03. The Morgan fingerprint density at radius 2 is 2.13 bits per heavy atom. The summed E-state index contributed by atoms with van der Waals surface area (Å²) in [7, 11) is 0. The Morgan fingerprint density at radius 1 is 1.35 bits per heavy atom. The molecule has 0 aliphatic carbocycles. The fourth-order valence-corrected chi connectivity index (χ4v) is 2.90. The van der Waals surface area contributed by atoms with Gasteiger partial charge in [0.15, 0.2) is 0 Å². The summed E-state index contributed by atoms with van der Waals surface area (Å²) in [5.74, 6) is 0.845. The highest BCUT2D eigenvalue weighted by atomic mass is 16.5. The third-order valence-corrected chi connectivity index (χ3v) is 4.34. The quantitative estimate of drug-likeness (QED) is 0.851. The average molecular weight is 314 g/mol. The number of carbonyl (C=O) groups excluding carboxylic acids is 1. The predicted molar refractivity (Wildman–Crippen MR) is 85.9 cm³/mol. The van der Waals surface area contributed by atoms with Crippen molar-refractivity contribution in [3.63, 3.8) is 0 Å². The molecule has 2 aromatic rings. The molecule has 0 saturated carbocycles. The summed E-state index contributed by atoms with van der Waals surface area (Å²) in [5, 5.41) is 3.90. The van der Waals surface area contributed by atoms with Crippen LogP contribution in [0.15, 0.2) is 34.9 Å². The second-order valence-electron chi connectivity index (χ2n) is 6.03. The molecule has 3 rings (SSSR count). The molecule has 5 nitrogen and oxygen atoms in total. The SMILES string of the molecule is Cc1noc(C)c1CC(=O)N1CCC(OCc2ccccc2)C1. The fraction of sp³-hybridized carbons (Fsp3) is 0.444. The van der Waals surface area contributed by atoms with Crippen LogP contribution in [0.3, 0.4) is 0 Å². The van der Waals surface area contributed by atoms with Crippen LogP contribution < -0.4 is 0 Å². The van der Waals surface area contributed by atoms with Crippen molar-refractivity contribution >= 4 is 5.91 Å². The molecule has 0 bridgehead atoms. The maximum absolute atomic E-state index is 12.4. The van der Waals surface area contributed by atoms with Crippen LogP contribution in [0.4, 0.5) is 0 Å². The van der Waals surface area contributed by atoms with Crippen LogP contribution in [0.5, 0.6) is 0 Å². The number of aromatic nitrogens is 1. The summed E-state index contributed by atoms with van der Waals surface area (Å²) in [6, 6.07) is 10.1. The Kier molecular flexibility index (Phi) is 4.76. The molecule has 5 heteroatoms. The Hall–Kier alpha value is -2.14. The third-order valence-electron chi connectivity index (χ3n) is 4.34. The van der Waals surface area contributed by atoms with Crippen LogP contribution in [0.2, 0.25) is 0 Å². The van der Waals surface area contributed by atoms with Gasteiger partial charge in [-0.25, -0.2) is 0 Å². The van der Waals surface area contributed by atoms with Crippen molar-refractivity contribution in [3.8, 4) is 0 Å².